The highest BCUT2D eigenvalue weighted by Crippen LogP contribution is 2.33. The summed E-state index contributed by atoms with van der Waals surface area (Å²) >= 11 is 0. The van der Waals surface area contributed by atoms with E-state index in [0.717, 1.165) is 89.9 Å². The fourth-order valence-electron chi connectivity index (χ4n) is 9.98. The zero-order valence-electron chi connectivity index (χ0n) is 50.3. The van der Waals surface area contributed by atoms with Crippen LogP contribution in [-0.2, 0) is 33.2 Å². The molecule has 0 spiro atoms. The van der Waals surface area contributed by atoms with Crippen LogP contribution in [0.2, 0.25) is 0 Å². The molecule has 0 radical (unpaired) electrons. The Morgan fingerprint density at radius 3 is 1.27 bits per heavy atom. The van der Waals surface area contributed by atoms with Gasteiger partial charge in [0.1, 0.15) is 73.2 Å². The van der Waals surface area contributed by atoms with Gasteiger partial charge in [-0.1, -0.05) is 195 Å². The van der Waals surface area contributed by atoms with Crippen molar-refractivity contribution in [2.75, 3.05) is 26.4 Å². The minimum atomic E-state index is -1.98. The van der Waals surface area contributed by atoms with E-state index in [0.29, 0.717) is 12.8 Å². The first kappa shape index (κ1) is 75.0. The van der Waals surface area contributed by atoms with E-state index in [4.69, 9.17) is 28.4 Å². The number of rotatable bonds is 45. The van der Waals surface area contributed by atoms with E-state index in [1.54, 1.807) is 6.08 Å². The molecule has 3 saturated heterocycles. The van der Waals surface area contributed by atoms with E-state index in [2.05, 4.69) is 97.3 Å². The predicted molar refractivity (Wildman–Crippen MR) is 323 cm³/mol. The maximum atomic E-state index is 13.2. The van der Waals surface area contributed by atoms with Crippen molar-refractivity contribution in [2.24, 2.45) is 0 Å². The van der Waals surface area contributed by atoms with Crippen LogP contribution >= 0.6 is 0 Å². The van der Waals surface area contributed by atoms with Crippen molar-refractivity contribution < 1.29 is 89.4 Å². The average molecular weight is 1190 g/mol. The van der Waals surface area contributed by atoms with Crippen LogP contribution in [-0.4, -0.2) is 193 Å². The van der Waals surface area contributed by atoms with Crippen LogP contribution in [0.5, 0.6) is 0 Å². The second kappa shape index (κ2) is 46.8. The summed E-state index contributed by atoms with van der Waals surface area (Å²) in [4.78, 5) is 13.2. The highest BCUT2D eigenvalue weighted by molar-refractivity contribution is 5.76. The lowest BCUT2D eigenvalue weighted by Crippen LogP contribution is -2.66. The van der Waals surface area contributed by atoms with E-state index in [9.17, 15) is 61.0 Å². The molecule has 17 atom stereocenters. The zero-order valence-corrected chi connectivity index (χ0v) is 50.3. The number of aliphatic hydroxyl groups is 11. The van der Waals surface area contributed by atoms with Gasteiger partial charge in [0.15, 0.2) is 18.9 Å². The number of amides is 1. The lowest BCUT2D eigenvalue weighted by Gasteiger charge is -2.48. The number of carbonyl (C=O) groups is 1. The Morgan fingerprint density at radius 2 is 0.821 bits per heavy atom. The van der Waals surface area contributed by atoms with Gasteiger partial charge in [-0.25, -0.2) is 0 Å². The molecular weight excluding hydrogens is 1080 g/mol. The highest BCUT2D eigenvalue weighted by Gasteiger charge is 2.53. The molecule has 3 aliphatic heterocycles. The summed E-state index contributed by atoms with van der Waals surface area (Å²) in [5, 5.41) is 119. The molecule has 0 aromatic rings. The predicted octanol–water partition coefficient (Wildman–Crippen LogP) is 6.54. The van der Waals surface area contributed by atoms with E-state index in [1.807, 2.05) is 13.0 Å². The molecule has 0 bridgehead atoms. The third-order valence-electron chi connectivity index (χ3n) is 15.1. The van der Waals surface area contributed by atoms with Crippen molar-refractivity contribution in [1.82, 2.24) is 5.32 Å². The van der Waals surface area contributed by atoms with Gasteiger partial charge >= 0.3 is 0 Å². The maximum Gasteiger partial charge on any atom is 0.220 e. The molecule has 3 rings (SSSR count). The molecule has 19 nitrogen and oxygen atoms in total. The van der Waals surface area contributed by atoms with Crippen molar-refractivity contribution >= 4 is 5.91 Å². The average Bonchev–Trinajstić information content (AvgIpc) is 3.52. The van der Waals surface area contributed by atoms with Crippen molar-refractivity contribution in [3.8, 4) is 0 Å². The molecule has 3 aliphatic rings. The molecular formula is C65H109NO18. The number of allylic oxidation sites excluding steroid dienone is 15. The van der Waals surface area contributed by atoms with Crippen LogP contribution < -0.4 is 5.32 Å². The monoisotopic (exact) mass is 1190 g/mol. The molecule has 1 amide bonds. The standard InChI is InChI=1S/C65H109NO18/c1-3-5-7-9-10-11-12-13-14-15-16-17-18-19-20-21-22-23-24-25-26-27-28-29-30-31-32-33-34-35-36-37-38-39-41-43-53(71)66-48(49(70)42-40-8-6-4-2)47-79-63-59(77)56(74)61(51(45-68)81-63)84-65-60(78)57(75)62(52(46-69)82-65)83-64-58(76)55(73)54(72)50(44-67)80-64/h5,7,10-11,13-14,16-17,19-20,22-23,25-26,40,42,48-52,54-65,67-70,72-78H,3-4,6,8-9,12,15,18,21,24,27-39,41,43-47H2,1-2H3,(H,66,71)/b7-5-,11-10-,14-13-,17-16-,20-19-,23-22-,26-25-,42-40+. The molecule has 19 heteroatoms. The van der Waals surface area contributed by atoms with Crippen LogP contribution in [0.15, 0.2) is 97.2 Å². The topological polar surface area (TPSA) is 307 Å². The molecule has 3 heterocycles. The Hall–Kier alpha value is -3.29. The van der Waals surface area contributed by atoms with Gasteiger partial charge in [0, 0.05) is 6.42 Å². The fraction of sp³-hybridized carbons (Fsp3) is 0.738. The smallest absolute Gasteiger partial charge is 0.220 e. The first-order chi connectivity index (χ1) is 40.8. The Morgan fingerprint density at radius 1 is 0.440 bits per heavy atom. The van der Waals surface area contributed by atoms with E-state index < -0.39 is 124 Å². The molecule has 3 fully saturated rings. The van der Waals surface area contributed by atoms with Gasteiger partial charge in [-0.15, -0.1) is 0 Å². The van der Waals surface area contributed by atoms with Crippen LogP contribution in [0.4, 0.5) is 0 Å². The summed E-state index contributed by atoms with van der Waals surface area (Å²) in [6, 6.07) is -0.974. The number of ether oxygens (including phenoxy) is 6. The van der Waals surface area contributed by atoms with Crippen molar-refractivity contribution in [2.45, 2.75) is 279 Å². The van der Waals surface area contributed by atoms with Crippen LogP contribution in [0.1, 0.15) is 174 Å². The number of nitrogens with one attached hydrogen (secondary N) is 1. The third-order valence-corrected chi connectivity index (χ3v) is 15.1. The van der Waals surface area contributed by atoms with Crippen LogP contribution in [0.25, 0.3) is 0 Å². The molecule has 0 aliphatic carbocycles. The van der Waals surface area contributed by atoms with Gasteiger partial charge in [0.05, 0.1) is 38.6 Å². The lowest BCUT2D eigenvalue weighted by atomic mass is 9.96. The summed E-state index contributed by atoms with van der Waals surface area (Å²) < 4.78 is 34.0. The number of hydrogen-bond acceptors (Lipinski definition) is 18. The highest BCUT2D eigenvalue weighted by atomic mass is 16.8. The van der Waals surface area contributed by atoms with Gasteiger partial charge in [-0.2, -0.15) is 0 Å². The summed E-state index contributed by atoms with van der Waals surface area (Å²) in [6.07, 6.45) is 33.7. The van der Waals surface area contributed by atoms with E-state index in [1.165, 1.54) is 51.4 Å². The third kappa shape index (κ3) is 29.6. The Labute approximate surface area is 501 Å². The number of hydrogen-bond donors (Lipinski definition) is 12. The Kier molecular flexibility index (Phi) is 41.8. The fourth-order valence-corrected chi connectivity index (χ4v) is 9.98. The van der Waals surface area contributed by atoms with Crippen LogP contribution in [0, 0.1) is 0 Å². The minimum absolute atomic E-state index is 0.234. The molecule has 0 aromatic carbocycles. The first-order valence-corrected chi connectivity index (χ1v) is 31.5. The minimum Gasteiger partial charge on any atom is -0.394 e. The van der Waals surface area contributed by atoms with Crippen molar-refractivity contribution in [3.05, 3.63) is 97.2 Å². The summed E-state index contributed by atoms with van der Waals surface area (Å²) in [5.74, 6) is -0.292. The largest absolute Gasteiger partial charge is 0.394 e. The van der Waals surface area contributed by atoms with Crippen molar-refractivity contribution in [3.63, 3.8) is 0 Å². The Bertz CT molecular complexity index is 1910. The molecule has 0 saturated carbocycles. The van der Waals surface area contributed by atoms with Crippen molar-refractivity contribution in [1.29, 1.82) is 0 Å². The zero-order chi connectivity index (χ0) is 61.2. The summed E-state index contributed by atoms with van der Waals surface area (Å²) in [6.45, 7) is 1.41. The molecule has 0 aromatic heterocycles. The number of carbonyl (C=O) groups excluding carboxylic acids is 1. The second-order valence-corrected chi connectivity index (χ2v) is 22.1. The quantitative estimate of drug-likeness (QED) is 0.0228. The molecule has 84 heavy (non-hydrogen) atoms. The van der Waals surface area contributed by atoms with Gasteiger partial charge in [0.25, 0.3) is 0 Å². The number of unbranched alkanes of at least 4 members (excludes halogenated alkanes) is 15. The summed E-state index contributed by atoms with van der Waals surface area (Å²) in [7, 11) is 0. The second-order valence-electron chi connectivity index (χ2n) is 22.1. The molecule has 12 N–H and O–H groups in total. The Balaban J connectivity index is 1.27. The molecule has 482 valence electrons. The van der Waals surface area contributed by atoms with Gasteiger partial charge < -0.3 is 89.9 Å². The molecule has 17 unspecified atom stereocenters. The van der Waals surface area contributed by atoms with Gasteiger partial charge in [0.2, 0.25) is 5.91 Å². The van der Waals surface area contributed by atoms with E-state index >= 15 is 0 Å². The normalized spacial score (nSPS) is 29.8. The number of aliphatic hydroxyl groups excluding tert-OH is 11. The SMILES string of the molecule is CC/C=C\C/C=C\C/C=C\C/C=C\C/C=C\C/C=C\C/C=C\CCCCCCCCCCCCCCCC(=O)NC(COC1OC(CO)C(OC2OC(CO)C(OC3OC(CO)C(O)C(O)C3O)C(O)C2O)C(O)C1O)C(O)/C=C/CCCC. The maximum absolute atomic E-state index is 13.2. The summed E-state index contributed by atoms with van der Waals surface area (Å²) in [5.41, 5.74) is 0. The first-order valence-electron chi connectivity index (χ1n) is 31.5. The van der Waals surface area contributed by atoms with E-state index in [-0.39, 0.29) is 18.9 Å². The van der Waals surface area contributed by atoms with Gasteiger partial charge in [-0.05, 0) is 70.6 Å². The lowest BCUT2D eigenvalue weighted by molar-refractivity contribution is -0.379. The van der Waals surface area contributed by atoms with Crippen LogP contribution in [0.3, 0.4) is 0 Å². The van der Waals surface area contributed by atoms with Gasteiger partial charge in [-0.3, -0.25) is 4.79 Å².